The average molecular weight is 169 g/mol. The van der Waals surface area contributed by atoms with Gasteiger partial charge in [0.1, 0.15) is 0 Å². The van der Waals surface area contributed by atoms with E-state index in [4.69, 9.17) is 0 Å². The summed E-state index contributed by atoms with van der Waals surface area (Å²) in [4.78, 5) is 7.45. The van der Waals surface area contributed by atoms with Crippen molar-refractivity contribution in [3.05, 3.63) is 0 Å². The molecule has 0 aromatic carbocycles. The summed E-state index contributed by atoms with van der Waals surface area (Å²) in [7, 11) is 4.41. The molecule has 3 heteroatoms. The third kappa shape index (κ3) is 1.63. The number of rotatable bonds is 1. The molecule has 2 aliphatic rings. The van der Waals surface area contributed by atoms with Crippen molar-refractivity contribution in [1.82, 2.24) is 14.7 Å². The fourth-order valence-corrected chi connectivity index (χ4v) is 2.08. The molecule has 0 N–H and O–H groups in total. The van der Waals surface area contributed by atoms with E-state index in [-0.39, 0.29) is 0 Å². The molecule has 0 aromatic rings. The first-order valence-electron chi connectivity index (χ1n) is 4.87. The minimum absolute atomic E-state index is 0.865. The van der Waals surface area contributed by atoms with Crippen LogP contribution < -0.4 is 0 Å². The van der Waals surface area contributed by atoms with E-state index in [0.29, 0.717) is 0 Å². The van der Waals surface area contributed by atoms with Gasteiger partial charge in [-0.3, -0.25) is 4.90 Å². The first-order chi connectivity index (χ1) is 5.75. The van der Waals surface area contributed by atoms with Gasteiger partial charge in [-0.05, 0) is 14.1 Å². The van der Waals surface area contributed by atoms with Crippen molar-refractivity contribution in [2.24, 2.45) is 0 Å². The smallest absolute Gasteiger partial charge is 0.0351 e. The minimum atomic E-state index is 0.865. The number of nitrogens with zero attached hydrogens (tertiary/aromatic N) is 3. The van der Waals surface area contributed by atoms with E-state index in [0.717, 1.165) is 6.04 Å². The van der Waals surface area contributed by atoms with Gasteiger partial charge in [0.2, 0.25) is 0 Å². The van der Waals surface area contributed by atoms with Crippen molar-refractivity contribution < 1.29 is 0 Å². The van der Waals surface area contributed by atoms with Crippen LogP contribution in [-0.4, -0.2) is 74.1 Å². The number of hydrogen-bond acceptors (Lipinski definition) is 3. The maximum absolute atomic E-state index is 2.64. The van der Waals surface area contributed by atoms with Gasteiger partial charge < -0.3 is 9.80 Å². The normalized spacial score (nSPS) is 30.5. The summed E-state index contributed by atoms with van der Waals surface area (Å²) in [6.07, 6.45) is 0. The molecule has 0 saturated carbocycles. The summed E-state index contributed by atoms with van der Waals surface area (Å²) in [6, 6.07) is 0.865. The molecule has 0 aromatic heterocycles. The monoisotopic (exact) mass is 169 g/mol. The van der Waals surface area contributed by atoms with Gasteiger partial charge >= 0.3 is 0 Å². The Balaban J connectivity index is 1.75. The SMILES string of the molecule is CN1CCN(C2CN(C)C2)CC1. The predicted octanol–water partition coefficient (Wildman–Crippen LogP) is -0.452. The molecule has 2 fully saturated rings. The molecule has 0 atom stereocenters. The molecule has 0 aliphatic carbocycles. The maximum Gasteiger partial charge on any atom is 0.0351 e. The fourth-order valence-electron chi connectivity index (χ4n) is 2.08. The largest absolute Gasteiger partial charge is 0.304 e. The molecular formula is C9H19N3. The molecule has 0 radical (unpaired) electrons. The number of likely N-dealkylation sites (tertiary alicyclic amines) is 1. The number of piperazine rings is 1. The van der Waals surface area contributed by atoms with Crippen LogP contribution in [0.3, 0.4) is 0 Å². The lowest BCUT2D eigenvalue weighted by Gasteiger charge is -2.46. The lowest BCUT2D eigenvalue weighted by Crippen LogP contribution is -2.61. The van der Waals surface area contributed by atoms with Crippen LogP contribution in [0.25, 0.3) is 0 Å². The van der Waals surface area contributed by atoms with Gasteiger partial charge in [-0.25, -0.2) is 0 Å². The van der Waals surface area contributed by atoms with Crippen LogP contribution in [-0.2, 0) is 0 Å². The van der Waals surface area contributed by atoms with E-state index < -0.39 is 0 Å². The fraction of sp³-hybridized carbons (Fsp3) is 1.00. The molecule has 0 spiro atoms. The van der Waals surface area contributed by atoms with Crippen molar-refractivity contribution >= 4 is 0 Å². The quantitative estimate of drug-likeness (QED) is 0.526. The summed E-state index contributed by atoms with van der Waals surface area (Å²) in [5, 5.41) is 0. The van der Waals surface area contributed by atoms with Gasteiger partial charge in [-0.2, -0.15) is 0 Å². The summed E-state index contributed by atoms with van der Waals surface area (Å²) >= 11 is 0. The van der Waals surface area contributed by atoms with Crippen molar-refractivity contribution in [3.8, 4) is 0 Å². The van der Waals surface area contributed by atoms with Gasteiger partial charge in [0, 0.05) is 45.3 Å². The highest BCUT2D eigenvalue weighted by atomic mass is 15.3. The van der Waals surface area contributed by atoms with Crippen molar-refractivity contribution in [3.63, 3.8) is 0 Å². The van der Waals surface area contributed by atoms with Gasteiger partial charge in [0.05, 0.1) is 0 Å². The molecule has 70 valence electrons. The van der Waals surface area contributed by atoms with Crippen molar-refractivity contribution in [2.75, 3.05) is 53.4 Å². The Bertz CT molecular complexity index is 146. The second-order valence-electron chi connectivity index (χ2n) is 4.21. The van der Waals surface area contributed by atoms with Crippen LogP contribution in [0.2, 0.25) is 0 Å². The second kappa shape index (κ2) is 3.32. The van der Waals surface area contributed by atoms with Crippen LogP contribution in [0.15, 0.2) is 0 Å². The Kier molecular flexibility index (Phi) is 2.35. The number of hydrogen-bond donors (Lipinski definition) is 0. The van der Waals surface area contributed by atoms with E-state index in [1.807, 2.05) is 0 Å². The Hall–Kier alpha value is -0.120. The van der Waals surface area contributed by atoms with Gasteiger partial charge in [-0.15, -0.1) is 0 Å². The van der Waals surface area contributed by atoms with Crippen LogP contribution in [0, 0.1) is 0 Å². The lowest BCUT2D eigenvalue weighted by molar-refractivity contribution is 0.0233. The van der Waals surface area contributed by atoms with E-state index in [1.165, 1.54) is 39.3 Å². The number of likely N-dealkylation sites (N-methyl/N-ethyl adjacent to an activating group) is 2. The van der Waals surface area contributed by atoms with E-state index in [9.17, 15) is 0 Å². The molecule has 12 heavy (non-hydrogen) atoms. The highest BCUT2D eigenvalue weighted by Gasteiger charge is 2.30. The molecule has 2 saturated heterocycles. The first-order valence-corrected chi connectivity index (χ1v) is 4.87. The molecule has 2 heterocycles. The summed E-state index contributed by atoms with van der Waals surface area (Å²) in [5.41, 5.74) is 0. The van der Waals surface area contributed by atoms with Crippen LogP contribution in [0.4, 0.5) is 0 Å². The molecular weight excluding hydrogens is 150 g/mol. The van der Waals surface area contributed by atoms with Gasteiger partial charge in [-0.1, -0.05) is 0 Å². The molecule has 2 rings (SSSR count). The predicted molar refractivity (Wildman–Crippen MR) is 50.4 cm³/mol. The maximum atomic E-state index is 2.64. The molecule has 0 amide bonds. The Morgan fingerprint density at radius 3 is 1.92 bits per heavy atom. The van der Waals surface area contributed by atoms with E-state index in [2.05, 4.69) is 28.8 Å². The van der Waals surface area contributed by atoms with Gasteiger partial charge in [0.25, 0.3) is 0 Å². The zero-order valence-electron chi connectivity index (χ0n) is 8.16. The second-order valence-corrected chi connectivity index (χ2v) is 4.21. The van der Waals surface area contributed by atoms with Gasteiger partial charge in [0.15, 0.2) is 0 Å². The summed E-state index contributed by atoms with van der Waals surface area (Å²) < 4.78 is 0. The average Bonchev–Trinajstić information content (AvgIpc) is 2.01. The third-order valence-corrected chi connectivity index (χ3v) is 3.10. The highest BCUT2D eigenvalue weighted by Crippen LogP contribution is 2.14. The summed E-state index contributed by atoms with van der Waals surface area (Å²) in [5.74, 6) is 0. The van der Waals surface area contributed by atoms with Crippen LogP contribution in [0.5, 0.6) is 0 Å². The Labute approximate surface area is 74.9 Å². The van der Waals surface area contributed by atoms with Crippen LogP contribution >= 0.6 is 0 Å². The first kappa shape index (κ1) is 8.48. The summed E-state index contributed by atoms with van der Waals surface area (Å²) in [6.45, 7) is 7.61. The van der Waals surface area contributed by atoms with E-state index >= 15 is 0 Å². The Morgan fingerprint density at radius 2 is 1.42 bits per heavy atom. The topological polar surface area (TPSA) is 9.72 Å². The lowest BCUT2D eigenvalue weighted by atomic mass is 10.1. The molecule has 3 nitrogen and oxygen atoms in total. The molecule has 0 bridgehead atoms. The van der Waals surface area contributed by atoms with Crippen molar-refractivity contribution in [2.45, 2.75) is 6.04 Å². The highest BCUT2D eigenvalue weighted by molar-refractivity contribution is 4.88. The molecule has 2 aliphatic heterocycles. The third-order valence-electron chi connectivity index (χ3n) is 3.10. The standard InChI is InChI=1S/C9H19N3/c1-10-3-5-12(6-4-10)9-7-11(2)8-9/h9H,3-8H2,1-2H3. The Morgan fingerprint density at radius 1 is 0.833 bits per heavy atom. The van der Waals surface area contributed by atoms with E-state index in [1.54, 1.807) is 0 Å². The van der Waals surface area contributed by atoms with Crippen LogP contribution in [0.1, 0.15) is 0 Å². The molecule has 0 unspecified atom stereocenters. The minimum Gasteiger partial charge on any atom is -0.304 e. The zero-order valence-corrected chi connectivity index (χ0v) is 8.16. The van der Waals surface area contributed by atoms with Crippen molar-refractivity contribution in [1.29, 1.82) is 0 Å². The zero-order chi connectivity index (χ0) is 8.55.